The molecule has 0 saturated carbocycles. The third-order valence-corrected chi connectivity index (χ3v) is 4.22. The van der Waals surface area contributed by atoms with Crippen molar-refractivity contribution in [2.24, 2.45) is 0 Å². The van der Waals surface area contributed by atoms with Crippen LogP contribution in [0, 0.1) is 5.82 Å². The molecule has 3 aromatic rings. The zero-order valence-corrected chi connectivity index (χ0v) is 14.1. The summed E-state index contributed by atoms with van der Waals surface area (Å²) >= 11 is 5.66. The molecule has 0 unspecified atom stereocenters. The van der Waals surface area contributed by atoms with Gasteiger partial charge in [-0.15, -0.1) is 0 Å². The van der Waals surface area contributed by atoms with Crippen LogP contribution in [0.3, 0.4) is 0 Å². The number of hydrogen-bond acceptors (Lipinski definition) is 3. The highest BCUT2D eigenvalue weighted by atomic mass is 35.5. The third-order valence-electron chi connectivity index (χ3n) is 3.91. The maximum absolute atomic E-state index is 13.5. The molecular weight excluding hydrogens is 345 g/mol. The fraction of sp³-hybridized carbons (Fsp3) is 0.167. The molecular formula is C18H15ClFN3O2. The van der Waals surface area contributed by atoms with Crippen molar-refractivity contribution in [3.8, 4) is 0 Å². The van der Waals surface area contributed by atoms with Gasteiger partial charge in [0.05, 0.1) is 16.5 Å². The summed E-state index contributed by atoms with van der Waals surface area (Å²) < 4.78 is 14.9. The molecule has 2 aromatic heterocycles. The molecule has 1 atom stereocenters. The van der Waals surface area contributed by atoms with Crippen molar-refractivity contribution in [1.29, 1.82) is 0 Å². The number of carbonyl (C=O) groups is 1. The second-order valence-electron chi connectivity index (χ2n) is 5.67. The first kappa shape index (κ1) is 17.1. The summed E-state index contributed by atoms with van der Waals surface area (Å²) in [5.41, 5.74) is 0.326. The standard InChI is InChI=1S/C18H15ClFN3O2/c1-11(12-2-3-15(19)16(20)8-12)22-17(24)10-23-7-5-13-9-21-6-4-14(13)18(23)25/h2-9,11H,10H2,1H3,(H,22,24)/t11-/m0/s1. The van der Waals surface area contributed by atoms with Gasteiger partial charge in [-0.1, -0.05) is 17.7 Å². The van der Waals surface area contributed by atoms with E-state index in [1.54, 1.807) is 37.5 Å². The van der Waals surface area contributed by atoms with Crippen LogP contribution in [0.15, 0.2) is 53.7 Å². The summed E-state index contributed by atoms with van der Waals surface area (Å²) in [4.78, 5) is 28.6. The molecule has 0 spiro atoms. The van der Waals surface area contributed by atoms with E-state index in [-0.39, 0.29) is 23.0 Å². The predicted molar refractivity (Wildman–Crippen MR) is 94.0 cm³/mol. The van der Waals surface area contributed by atoms with Crippen LogP contribution in [0.2, 0.25) is 5.02 Å². The van der Waals surface area contributed by atoms with Gasteiger partial charge in [-0.3, -0.25) is 14.6 Å². The van der Waals surface area contributed by atoms with E-state index in [9.17, 15) is 14.0 Å². The minimum Gasteiger partial charge on any atom is -0.348 e. The van der Waals surface area contributed by atoms with Gasteiger partial charge in [0, 0.05) is 24.0 Å². The molecule has 128 valence electrons. The van der Waals surface area contributed by atoms with E-state index in [2.05, 4.69) is 10.3 Å². The number of rotatable bonds is 4. The van der Waals surface area contributed by atoms with Gasteiger partial charge in [0.15, 0.2) is 0 Å². The molecule has 0 aliphatic carbocycles. The van der Waals surface area contributed by atoms with Gasteiger partial charge in [-0.05, 0) is 36.8 Å². The largest absolute Gasteiger partial charge is 0.348 e. The molecule has 25 heavy (non-hydrogen) atoms. The highest BCUT2D eigenvalue weighted by molar-refractivity contribution is 6.30. The van der Waals surface area contributed by atoms with Crippen LogP contribution in [-0.2, 0) is 11.3 Å². The molecule has 0 radical (unpaired) electrons. The van der Waals surface area contributed by atoms with Crippen LogP contribution in [-0.4, -0.2) is 15.5 Å². The second kappa shape index (κ2) is 7.03. The first-order valence-corrected chi connectivity index (χ1v) is 8.01. The SMILES string of the molecule is C[C@H](NC(=O)Cn1ccc2cnccc2c1=O)c1ccc(Cl)c(F)c1. The lowest BCUT2D eigenvalue weighted by Crippen LogP contribution is -2.33. The van der Waals surface area contributed by atoms with Crippen molar-refractivity contribution in [2.45, 2.75) is 19.5 Å². The maximum Gasteiger partial charge on any atom is 0.259 e. The van der Waals surface area contributed by atoms with Crippen molar-refractivity contribution in [1.82, 2.24) is 14.9 Å². The van der Waals surface area contributed by atoms with Gasteiger partial charge >= 0.3 is 0 Å². The minimum atomic E-state index is -0.542. The lowest BCUT2D eigenvalue weighted by molar-refractivity contribution is -0.122. The summed E-state index contributed by atoms with van der Waals surface area (Å²) in [6.07, 6.45) is 4.68. The van der Waals surface area contributed by atoms with Crippen LogP contribution in [0.4, 0.5) is 4.39 Å². The van der Waals surface area contributed by atoms with E-state index >= 15 is 0 Å². The fourth-order valence-corrected chi connectivity index (χ4v) is 2.68. The molecule has 7 heteroatoms. The van der Waals surface area contributed by atoms with Crippen LogP contribution >= 0.6 is 11.6 Å². The normalized spacial score (nSPS) is 12.1. The molecule has 0 aliphatic heterocycles. The van der Waals surface area contributed by atoms with Gasteiger partial charge in [0.1, 0.15) is 12.4 Å². The van der Waals surface area contributed by atoms with Crippen molar-refractivity contribution in [2.75, 3.05) is 0 Å². The monoisotopic (exact) mass is 359 g/mol. The molecule has 1 aromatic carbocycles. The average molecular weight is 360 g/mol. The van der Waals surface area contributed by atoms with E-state index in [1.807, 2.05) is 0 Å². The number of aromatic nitrogens is 2. The number of benzene rings is 1. The van der Waals surface area contributed by atoms with E-state index in [1.165, 1.54) is 22.9 Å². The van der Waals surface area contributed by atoms with Crippen LogP contribution in [0.1, 0.15) is 18.5 Å². The molecule has 1 amide bonds. The summed E-state index contributed by atoms with van der Waals surface area (Å²) in [6.45, 7) is 1.60. The van der Waals surface area contributed by atoms with Crippen molar-refractivity contribution in [3.63, 3.8) is 0 Å². The Balaban J connectivity index is 1.75. The summed E-state index contributed by atoms with van der Waals surface area (Å²) in [5, 5.41) is 3.99. The zero-order chi connectivity index (χ0) is 18.0. The Labute approximate surface area is 148 Å². The van der Waals surface area contributed by atoms with Crippen molar-refractivity contribution < 1.29 is 9.18 Å². The lowest BCUT2D eigenvalue weighted by Gasteiger charge is -2.15. The highest BCUT2D eigenvalue weighted by Gasteiger charge is 2.13. The maximum atomic E-state index is 13.5. The minimum absolute atomic E-state index is 0.0273. The molecule has 0 aliphatic rings. The number of nitrogens with one attached hydrogen (secondary N) is 1. The number of fused-ring (bicyclic) bond motifs is 1. The number of carbonyl (C=O) groups excluding carboxylic acids is 1. The Hall–Kier alpha value is -2.73. The van der Waals surface area contributed by atoms with Gasteiger partial charge in [0.2, 0.25) is 5.91 Å². The van der Waals surface area contributed by atoms with Crippen LogP contribution in [0.25, 0.3) is 10.8 Å². The topological polar surface area (TPSA) is 64.0 Å². The Morgan fingerprint density at radius 2 is 2.16 bits per heavy atom. The number of halogens is 2. The van der Waals surface area contributed by atoms with Crippen molar-refractivity contribution in [3.05, 3.63) is 75.7 Å². The fourth-order valence-electron chi connectivity index (χ4n) is 2.56. The van der Waals surface area contributed by atoms with E-state index in [0.717, 1.165) is 0 Å². The Bertz CT molecular complexity index is 1000. The Morgan fingerprint density at radius 3 is 2.92 bits per heavy atom. The van der Waals surface area contributed by atoms with E-state index in [4.69, 9.17) is 11.6 Å². The smallest absolute Gasteiger partial charge is 0.259 e. The second-order valence-corrected chi connectivity index (χ2v) is 6.08. The number of amides is 1. The highest BCUT2D eigenvalue weighted by Crippen LogP contribution is 2.20. The zero-order valence-electron chi connectivity index (χ0n) is 13.4. The molecule has 5 nitrogen and oxygen atoms in total. The molecule has 3 rings (SSSR count). The number of nitrogens with zero attached hydrogens (tertiary/aromatic N) is 2. The quantitative estimate of drug-likeness (QED) is 0.778. The van der Waals surface area contributed by atoms with Gasteiger partial charge < -0.3 is 9.88 Å². The Morgan fingerprint density at radius 1 is 1.36 bits per heavy atom. The number of pyridine rings is 2. The van der Waals surface area contributed by atoms with E-state index < -0.39 is 11.9 Å². The summed E-state index contributed by atoms with van der Waals surface area (Å²) in [5.74, 6) is -0.891. The number of hydrogen-bond donors (Lipinski definition) is 1. The molecule has 0 bridgehead atoms. The Kier molecular flexibility index (Phi) is 4.81. The predicted octanol–water partition coefficient (Wildman–Crippen LogP) is 3.07. The molecule has 0 fully saturated rings. The average Bonchev–Trinajstić information content (AvgIpc) is 2.60. The van der Waals surface area contributed by atoms with E-state index in [0.29, 0.717) is 16.3 Å². The first-order valence-electron chi connectivity index (χ1n) is 7.63. The van der Waals surface area contributed by atoms with Crippen LogP contribution < -0.4 is 10.9 Å². The molecule has 0 saturated heterocycles. The molecule has 1 N–H and O–H groups in total. The third kappa shape index (κ3) is 3.69. The van der Waals surface area contributed by atoms with Gasteiger partial charge in [-0.25, -0.2) is 4.39 Å². The van der Waals surface area contributed by atoms with Crippen LogP contribution in [0.5, 0.6) is 0 Å². The van der Waals surface area contributed by atoms with Crippen molar-refractivity contribution >= 4 is 28.3 Å². The first-order chi connectivity index (χ1) is 12.0. The van der Waals surface area contributed by atoms with Gasteiger partial charge in [-0.2, -0.15) is 0 Å². The summed E-state index contributed by atoms with van der Waals surface area (Å²) in [7, 11) is 0. The summed E-state index contributed by atoms with van der Waals surface area (Å²) in [6, 6.07) is 7.30. The lowest BCUT2D eigenvalue weighted by atomic mass is 10.1. The molecule has 2 heterocycles. The van der Waals surface area contributed by atoms with Gasteiger partial charge in [0.25, 0.3) is 5.56 Å².